The number of aryl methyl sites for hydroxylation is 3. The molecule has 0 aliphatic heterocycles. The van der Waals surface area contributed by atoms with E-state index in [-0.39, 0.29) is 5.92 Å². The van der Waals surface area contributed by atoms with Crippen LogP contribution in [-0.4, -0.2) is 25.6 Å². The molecule has 1 N–H and O–H groups in total. The number of benzene rings is 2. The minimum atomic E-state index is -0.794. The molecule has 0 saturated carbocycles. The van der Waals surface area contributed by atoms with Crippen LogP contribution < -0.4 is 0 Å². The highest BCUT2D eigenvalue weighted by Gasteiger charge is 2.26. The maximum absolute atomic E-state index is 11.8. The van der Waals surface area contributed by atoms with E-state index in [2.05, 4.69) is 48.7 Å². The molecule has 5 nitrogen and oxygen atoms in total. The first-order chi connectivity index (χ1) is 15.4. The third-order valence-corrected chi connectivity index (χ3v) is 6.15. The van der Waals surface area contributed by atoms with E-state index < -0.39 is 11.9 Å². The predicted octanol–water partition coefficient (Wildman–Crippen LogP) is 5.51. The summed E-state index contributed by atoms with van der Waals surface area (Å²) >= 11 is 0. The summed E-state index contributed by atoms with van der Waals surface area (Å²) in [7, 11) is 0. The molecule has 0 unspecified atom stereocenters. The van der Waals surface area contributed by atoms with Crippen LogP contribution in [0.2, 0.25) is 0 Å². The second-order valence-corrected chi connectivity index (χ2v) is 8.48. The van der Waals surface area contributed by atoms with Crippen molar-refractivity contribution in [2.45, 2.75) is 46.6 Å². The maximum Gasteiger partial charge on any atom is 0.307 e. The predicted molar refractivity (Wildman–Crippen MR) is 127 cm³/mol. The van der Waals surface area contributed by atoms with Gasteiger partial charge in [0.05, 0.1) is 12.5 Å². The van der Waals surface area contributed by atoms with Gasteiger partial charge in [-0.2, -0.15) is 0 Å². The van der Waals surface area contributed by atoms with E-state index >= 15 is 0 Å². The van der Waals surface area contributed by atoms with Crippen LogP contribution in [0.4, 0.5) is 0 Å². The molecule has 4 aromatic rings. The third kappa shape index (κ3) is 4.15. The number of pyridine rings is 1. The summed E-state index contributed by atoms with van der Waals surface area (Å²) in [4.78, 5) is 21.4. The monoisotopic (exact) mass is 427 g/mol. The van der Waals surface area contributed by atoms with Gasteiger partial charge in [0.2, 0.25) is 0 Å². The topological polar surface area (TPSA) is 68.0 Å². The fourth-order valence-corrected chi connectivity index (χ4v) is 4.47. The van der Waals surface area contributed by atoms with Crippen molar-refractivity contribution in [3.63, 3.8) is 0 Å². The molecule has 4 rings (SSSR count). The van der Waals surface area contributed by atoms with Gasteiger partial charge in [-0.15, -0.1) is 0 Å². The van der Waals surface area contributed by atoms with Crippen molar-refractivity contribution in [3.8, 4) is 0 Å². The van der Waals surface area contributed by atoms with E-state index in [1.54, 1.807) is 6.92 Å². The first kappa shape index (κ1) is 21.8. The average Bonchev–Trinajstić information content (AvgIpc) is 3.13. The SMILES string of the molecule is CCc1nc2c(C)cc(C)nc2n1Cc1ccc([C@H](c2ccccc2)[C@H](C)C(=O)O)cc1. The molecule has 5 heteroatoms. The number of fused-ring (bicyclic) bond motifs is 1. The van der Waals surface area contributed by atoms with Gasteiger partial charge in [-0.3, -0.25) is 4.79 Å². The van der Waals surface area contributed by atoms with E-state index in [4.69, 9.17) is 9.97 Å². The Hall–Kier alpha value is -3.47. The summed E-state index contributed by atoms with van der Waals surface area (Å²) in [5.74, 6) is -0.498. The van der Waals surface area contributed by atoms with Gasteiger partial charge in [-0.05, 0) is 42.2 Å². The molecule has 0 aliphatic rings. The van der Waals surface area contributed by atoms with E-state index in [0.29, 0.717) is 6.54 Å². The summed E-state index contributed by atoms with van der Waals surface area (Å²) in [5, 5.41) is 9.69. The number of imidazole rings is 1. The highest BCUT2D eigenvalue weighted by Crippen LogP contribution is 2.32. The van der Waals surface area contributed by atoms with Crippen LogP contribution in [0, 0.1) is 19.8 Å². The molecule has 0 spiro atoms. The van der Waals surface area contributed by atoms with Gasteiger partial charge in [0, 0.05) is 18.0 Å². The molecule has 0 aliphatic carbocycles. The minimum Gasteiger partial charge on any atom is -0.481 e. The fourth-order valence-electron chi connectivity index (χ4n) is 4.47. The Morgan fingerprint density at radius 2 is 1.66 bits per heavy atom. The van der Waals surface area contributed by atoms with Crippen molar-refractivity contribution >= 4 is 17.1 Å². The lowest BCUT2D eigenvalue weighted by Crippen LogP contribution is -2.20. The summed E-state index contributed by atoms with van der Waals surface area (Å²) < 4.78 is 2.19. The lowest BCUT2D eigenvalue weighted by molar-refractivity contribution is -0.141. The largest absolute Gasteiger partial charge is 0.481 e. The summed E-state index contributed by atoms with van der Waals surface area (Å²) in [5.41, 5.74) is 7.17. The molecule has 2 aromatic heterocycles. The Labute approximate surface area is 188 Å². The van der Waals surface area contributed by atoms with Gasteiger partial charge in [0.1, 0.15) is 11.3 Å². The van der Waals surface area contributed by atoms with Gasteiger partial charge in [0.15, 0.2) is 5.65 Å². The van der Waals surface area contributed by atoms with Crippen LogP contribution in [0.5, 0.6) is 0 Å². The van der Waals surface area contributed by atoms with E-state index in [1.165, 1.54) is 0 Å². The Balaban J connectivity index is 1.69. The highest BCUT2D eigenvalue weighted by molar-refractivity contribution is 5.76. The zero-order valence-electron chi connectivity index (χ0n) is 19.0. The molecule has 2 aromatic carbocycles. The van der Waals surface area contributed by atoms with E-state index in [0.717, 1.165) is 51.4 Å². The van der Waals surface area contributed by atoms with Crippen LogP contribution in [0.15, 0.2) is 60.7 Å². The Kier molecular flexibility index (Phi) is 6.08. The minimum absolute atomic E-state index is 0.199. The second kappa shape index (κ2) is 8.95. The van der Waals surface area contributed by atoms with Crippen molar-refractivity contribution in [1.82, 2.24) is 14.5 Å². The second-order valence-electron chi connectivity index (χ2n) is 8.48. The molecule has 0 saturated heterocycles. The van der Waals surface area contributed by atoms with Crippen LogP contribution in [-0.2, 0) is 17.8 Å². The van der Waals surface area contributed by atoms with Crippen LogP contribution in [0.3, 0.4) is 0 Å². The normalized spacial score (nSPS) is 13.2. The molecule has 0 amide bonds. The van der Waals surface area contributed by atoms with Crippen molar-refractivity contribution in [2.75, 3.05) is 0 Å². The number of aromatic nitrogens is 3. The van der Waals surface area contributed by atoms with Crippen molar-refractivity contribution in [3.05, 3.63) is 94.4 Å². The molecule has 164 valence electrons. The first-order valence-corrected chi connectivity index (χ1v) is 11.1. The van der Waals surface area contributed by atoms with Gasteiger partial charge < -0.3 is 9.67 Å². The van der Waals surface area contributed by atoms with E-state index in [9.17, 15) is 9.90 Å². The summed E-state index contributed by atoms with van der Waals surface area (Å²) in [6, 6.07) is 20.2. The molecule has 32 heavy (non-hydrogen) atoms. The van der Waals surface area contributed by atoms with Crippen molar-refractivity contribution < 1.29 is 9.90 Å². The Morgan fingerprint density at radius 3 is 2.28 bits per heavy atom. The van der Waals surface area contributed by atoms with Gasteiger partial charge in [-0.25, -0.2) is 9.97 Å². The van der Waals surface area contributed by atoms with Crippen molar-refractivity contribution in [2.24, 2.45) is 5.92 Å². The van der Waals surface area contributed by atoms with Gasteiger partial charge in [0.25, 0.3) is 0 Å². The number of hydrogen-bond acceptors (Lipinski definition) is 3. The van der Waals surface area contributed by atoms with Crippen LogP contribution >= 0.6 is 0 Å². The quantitative estimate of drug-likeness (QED) is 0.422. The Morgan fingerprint density at radius 1 is 1.00 bits per heavy atom. The summed E-state index contributed by atoms with van der Waals surface area (Å²) in [6.45, 7) is 8.66. The maximum atomic E-state index is 11.8. The summed E-state index contributed by atoms with van der Waals surface area (Å²) in [6.07, 6.45) is 0.832. The fraction of sp³-hybridized carbons (Fsp3) is 0.296. The standard InChI is InChI=1S/C27H29N3O2/c1-5-23-29-25-17(2)15-18(3)28-26(25)30(23)16-20-11-13-22(14-12-20)24(19(4)27(31)32)21-9-7-6-8-10-21/h6-15,19,24H,5,16H2,1-4H3,(H,31,32)/t19-,24-/m0/s1. The lowest BCUT2D eigenvalue weighted by atomic mass is 9.81. The number of hydrogen-bond donors (Lipinski definition) is 1. The van der Waals surface area contributed by atoms with Crippen molar-refractivity contribution in [1.29, 1.82) is 0 Å². The molecular formula is C27H29N3O2. The molecular weight excluding hydrogens is 398 g/mol. The number of carboxylic acids is 1. The van der Waals surface area contributed by atoms with Gasteiger partial charge in [-0.1, -0.05) is 68.4 Å². The average molecular weight is 428 g/mol. The molecule has 0 fully saturated rings. The zero-order chi connectivity index (χ0) is 22.8. The zero-order valence-corrected chi connectivity index (χ0v) is 19.0. The first-order valence-electron chi connectivity index (χ1n) is 11.1. The van der Waals surface area contributed by atoms with E-state index in [1.807, 2.05) is 37.3 Å². The number of carboxylic acid groups (broad SMARTS) is 1. The molecule has 2 heterocycles. The molecule has 2 atom stereocenters. The number of nitrogens with zero attached hydrogens (tertiary/aromatic N) is 3. The number of aliphatic carboxylic acids is 1. The molecule has 0 radical (unpaired) electrons. The number of rotatable bonds is 7. The highest BCUT2D eigenvalue weighted by atomic mass is 16.4. The van der Waals surface area contributed by atoms with Gasteiger partial charge >= 0.3 is 5.97 Å². The van der Waals surface area contributed by atoms with Crippen LogP contribution in [0.1, 0.15) is 53.5 Å². The number of carbonyl (C=O) groups is 1. The Bertz CT molecular complexity index is 1240. The smallest absolute Gasteiger partial charge is 0.307 e. The third-order valence-electron chi connectivity index (χ3n) is 6.15. The lowest BCUT2D eigenvalue weighted by Gasteiger charge is -2.22. The van der Waals surface area contributed by atoms with Crippen LogP contribution in [0.25, 0.3) is 11.2 Å². The molecule has 0 bridgehead atoms.